The first-order chi connectivity index (χ1) is 20.3. The smallest absolute Gasteiger partial charge is 0.303 e. The van der Waals surface area contributed by atoms with Gasteiger partial charge in [0.2, 0.25) is 0 Å². The molecule has 1 heterocycles. The lowest BCUT2D eigenvalue weighted by Crippen LogP contribution is -2.37. The van der Waals surface area contributed by atoms with Gasteiger partial charge in [0, 0.05) is 38.5 Å². The molecular weight excluding hydrogens is 532 g/mol. The standard InChI is InChI=1S/C34H40N2O6/c1-5-18-36(4)21-30-19-32(27-12-10-25(22-37)11-13-27)42-34(41-30)28-16-14-26(15-17-28)31-9-7-6-8-29(31)20-35-33(39)23(2)40-24(3)38/h5-17,23,30,32,34,37H,1,18-22H2,2-4H3,(H,35,39)/t23-,30+,32-,34-/m0/s1. The molecule has 2 N–H and O–H groups in total. The summed E-state index contributed by atoms with van der Waals surface area (Å²) in [6.07, 6.45) is 0.983. The summed E-state index contributed by atoms with van der Waals surface area (Å²) in [6.45, 7) is 8.48. The molecule has 8 nitrogen and oxygen atoms in total. The van der Waals surface area contributed by atoms with Crippen molar-refractivity contribution in [3.05, 3.63) is 108 Å². The molecule has 42 heavy (non-hydrogen) atoms. The third-order valence-corrected chi connectivity index (χ3v) is 7.25. The van der Waals surface area contributed by atoms with Gasteiger partial charge in [-0.15, -0.1) is 6.58 Å². The van der Waals surface area contributed by atoms with Crippen molar-refractivity contribution in [3.63, 3.8) is 0 Å². The van der Waals surface area contributed by atoms with E-state index in [4.69, 9.17) is 14.2 Å². The van der Waals surface area contributed by atoms with Crippen LogP contribution in [0.2, 0.25) is 0 Å². The van der Waals surface area contributed by atoms with E-state index in [1.807, 2.05) is 85.9 Å². The summed E-state index contributed by atoms with van der Waals surface area (Å²) in [5.41, 5.74) is 5.74. The van der Waals surface area contributed by atoms with Crippen molar-refractivity contribution in [2.45, 2.75) is 58.0 Å². The van der Waals surface area contributed by atoms with E-state index in [0.29, 0.717) is 13.0 Å². The molecule has 4 rings (SSSR count). The van der Waals surface area contributed by atoms with Gasteiger partial charge in [-0.2, -0.15) is 0 Å². The van der Waals surface area contributed by atoms with Gasteiger partial charge in [0.1, 0.15) is 0 Å². The molecule has 4 atom stereocenters. The first-order valence-electron chi connectivity index (χ1n) is 14.2. The molecule has 1 fully saturated rings. The molecule has 1 amide bonds. The van der Waals surface area contributed by atoms with Crippen LogP contribution in [0, 0.1) is 0 Å². The van der Waals surface area contributed by atoms with Gasteiger partial charge in [-0.3, -0.25) is 9.59 Å². The fraction of sp³-hybridized carbons (Fsp3) is 0.353. The summed E-state index contributed by atoms with van der Waals surface area (Å²) in [5.74, 6) is -0.846. The highest BCUT2D eigenvalue weighted by molar-refractivity contribution is 5.83. The van der Waals surface area contributed by atoms with E-state index in [-0.39, 0.29) is 24.7 Å². The number of likely N-dealkylation sites (N-methyl/N-ethyl adjacent to an activating group) is 1. The molecule has 8 heteroatoms. The summed E-state index contributed by atoms with van der Waals surface area (Å²) in [5, 5.41) is 12.3. The Labute approximate surface area is 247 Å². The summed E-state index contributed by atoms with van der Waals surface area (Å²) in [7, 11) is 2.05. The largest absolute Gasteiger partial charge is 0.453 e. The van der Waals surface area contributed by atoms with Crippen LogP contribution in [-0.2, 0) is 37.0 Å². The molecule has 3 aromatic carbocycles. The quantitative estimate of drug-likeness (QED) is 0.231. The van der Waals surface area contributed by atoms with Crippen molar-refractivity contribution in [2.24, 2.45) is 0 Å². The van der Waals surface area contributed by atoms with Gasteiger partial charge in [-0.25, -0.2) is 0 Å². The Balaban J connectivity index is 1.51. The summed E-state index contributed by atoms with van der Waals surface area (Å²) < 4.78 is 17.9. The van der Waals surface area contributed by atoms with E-state index in [0.717, 1.165) is 46.5 Å². The Morgan fingerprint density at radius 2 is 1.76 bits per heavy atom. The molecule has 0 aromatic heterocycles. The van der Waals surface area contributed by atoms with Gasteiger partial charge < -0.3 is 29.5 Å². The summed E-state index contributed by atoms with van der Waals surface area (Å²) in [4.78, 5) is 25.7. The number of ether oxygens (including phenoxy) is 3. The van der Waals surface area contributed by atoms with Crippen LogP contribution in [0.5, 0.6) is 0 Å². The van der Waals surface area contributed by atoms with Gasteiger partial charge in [-0.05, 0) is 41.8 Å². The van der Waals surface area contributed by atoms with E-state index in [1.54, 1.807) is 6.92 Å². The van der Waals surface area contributed by atoms with Crippen LogP contribution in [-0.4, -0.2) is 54.2 Å². The van der Waals surface area contributed by atoms with Gasteiger partial charge in [0.25, 0.3) is 5.91 Å². The zero-order valence-electron chi connectivity index (χ0n) is 24.5. The van der Waals surface area contributed by atoms with Crippen molar-refractivity contribution in [1.29, 1.82) is 0 Å². The maximum atomic E-state index is 12.4. The van der Waals surface area contributed by atoms with Crippen LogP contribution in [0.15, 0.2) is 85.5 Å². The molecular formula is C34H40N2O6. The molecule has 1 saturated heterocycles. The second-order valence-corrected chi connectivity index (χ2v) is 10.6. The lowest BCUT2D eigenvalue weighted by molar-refractivity contribution is -0.252. The lowest BCUT2D eigenvalue weighted by atomic mass is 9.97. The van der Waals surface area contributed by atoms with Crippen LogP contribution in [0.1, 0.15) is 54.9 Å². The zero-order chi connectivity index (χ0) is 30.1. The molecule has 222 valence electrons. The number of rotatable bonds is 12. The average Bonchev–Trinajstić information content (AvgIpc) is 2.99. The van der Waals surface area contributed by atoms with Gasteiger partial charge in [0.05, 0.1) is 18.8 Å². The van der Waals surface area contributed by atoms with Gasteiger partial charge in [0.15, 0.2) is 12.4 Å². The highest BCUT2D eigenvalue weighted by atomic mass is 16.7. The molecule has 0 bridgehead atoms. The number of hydrogen-bond acceptors (Lipinski definition) is 7. The van der Waals surface area contributed by atoms with Crippen LogP contribution in [0.3, 0.4) is 0 Å². The fourth-order valence-corrected chi connectivity index (χ4v) is 5.08. The third-order valence-electron chi connectivity index (χ3n) is 7.25. The molecule has 1 aliphatic rings. The molecule has 0 aliphatic carbocycles. The number of amides is 1. The van der Waals surface area contributed by atoms with Crippen LogP contribution >= 0.6 is 0 Å². The maximum absolute atomic E-state index is 12.4. The highest BCUT2D eigenvalue weighted by Crippen LogP contribution is 2.38. The second-order valence-electron chi connectivity index (χ2n) is 10.6. The zero-order valence-corrected chi connectivity index (χ0v) is 24.5. The Hall–Kier alpha value is -3.82. The maximum Gasteiger partial charge on any atom is 0.303 e. The summed E-state index contributed by atoms with van der Waals surface area (Å²) in [6, 6.07) is 23.8. The molecule has 3 aromatic rings. The van der Waals surface area contributed by atoms with E-state index in [2.05, 4.69) is 16.8 Å². The number of carbonyl (C=O) groups excluding carboxylic acids is 2. The monoisotopic (exact) mass is 572 g/mol. The minimum atomic E-state index is -0.860. The number of hydrogen-bond donors (Lipinski definition) is 2. The Morgan fingerprint density at radius 3 is 2.43 bits per heavy atom. The predicted molar refractivity (Wildman–Crippen MR) is 161 cm³/mol. The molecule has 0 saturated carbocycles. The van der Waals surface area contributed by atoms with Crippen LogP contribution < -0.4 is 5.32 Å². The van der Waals surface area contributed by atoms with E-state index in [9.17, 15) is 14.7 Å². The fourth-order valence-electron chi connectivity index (χ4n) is 5.08. The van der Waals surface area contributed by atoms with Crippen molar-refractivity contribution in [2.75, 3.05) is 20.1 Å². The molecule has 0 radical (unpaired) electrons. The second kappa shape index (κ2) is 14.9. The van der Waals surface area contributed by atoms with Crippen LogP contribution in [0.25, 0.3) is 11.1 Å². The van der Waals surface area contributed by atoms with Crippen molar-refractivity contribution in [3.8, 4) is 11.1 Å². The number of nitrogens with zero attached hydrogens (tertiary/aromatic N) is 1. The van der Waals surface area contributed by atoms with Crippen LogP contribution in [0.4, 0.5) is 0 Å². The first-order valence-corrected chi connectivity index (χ1v) is 14.2. The highest BCUT2D eigenvalue weighted by Gasteiger charge is 2.32. The third kappa shape index (κ3) is 8.36. The number of benzene rings is 3. The average molecular weight is 573 g/mol. The Bertz CT molecular complexity index is 1340. The number of carbonyl (C=O) groups is 2. The number of aliphatic hydroxyl groups excluding tert-OH is 1. The van der Waals surface area contributed by atoms with E-state index < -0.39 is 18.4 Å². The lowest BCUT2D eigenvalue weighted by Gasteiger charge is -2.37. The summed E-state index contributed by atoms with van der Waals surface area (Å²) >= 11 is 0. The molecule has 0 spiro atoms. The SMILES string of the molecule is C=CCN(C)C[C@H]1C[C@@H](c2ccc(CO)cc2)O[C@@H](c2ccc(-c3ccccc3CNC(=O)[C@H](C)OC(C)=O)cc2)O1. The minimum Gasteiger partial charge on any atom is -0.453 e. The van der Waals surface area contributed by atoms with Crippen molar-refractivity contribution in [1.82, 2.24) is 10.2 Å². The predicted octanol–water partition coefficient (Wildman–Crippen LogP) is 5.08. The number of aliphatic hydroxyl groups is 1. The van der Waals surface area contributed by atoms with Crippen molar-refractivity contribution < 1.29 is 28.9 Å². The first kappa shape index (κ1) is 31.1. The molecule has 1 aliphatic heterocycles. The van der Waals surface area contributed by atoms with Gasteiger partial charge in [-0.1, -0.05) is 78.9 Å². The normalized spacial score (nSPS) is 19.2. The topological polar surface area (TPSA) is 97.3 Å². The number of esters is 1. The number of nitrogens with one attached hydrogen (secondary N) is 1. The van der Waals surface area contributed by atoms with E-state index >= 15 is 0 Å². The van der Waals surface area contributed by atoms with E-state index in [1.165, 1.54) is 6.92 Å². The van der Waals surface area contributed by atoms with Crippen molar-refractivity contribution >= 4 is 11.9 Å². The molecule has 0 unspecified atom stereocenters. The Kier molecular flexibility index (Phi) is 11.0. The van der Waals surface area contributed by atoms with Gasteiger partial charge >= 0.3 is 5.97 Å². The Morgan fingerprint density at radius 1 is 1.07 bits per heavy atom. The minimum absolute atomic E-state index is 0.00175.